The van der Waals surface area contributed by atoms with Gasteiger partial charge in [-0.1, -0.05) is 17.7 Å². The van der Waals surface area contributed by atoms with Gasteiger partial charge in [-0.25, -0.2) is 4.79 Å². The number of benzene rings is 1. The number of nitrogens with one attached hydrogen (secondary N) is 2. The van der Waals surface area contributed by atoms with Crippen LogP contribution in [0.2, 0.25) is 0 Å². The monoisotopic (exact) mass is 331 g/mol. The molecule has 130 valence electrons. The Morgan fingerprint density at radius 1 is 1.38 bits per heavy atom. The molecule has 24 heavy (non-hydrogen) atoms. The van der Waals surface area contributed by atoms with Crippen LogP contribution in [0.1, 0.15) is 30.9 Å². The second-order valence-electron chi connectivity index (χ2n) is 7.00. The molecule has 0 spiro atoms. The molecule has 2 atom stereocenters. The van der Waals surface area contributed by atoms with Crippen molar-refractivity contribution >= 4 is 11.9 Å². The van der Waals surface area contributed by atoms with Gasteiger partial charge in [-0.15, -0.1) is 0 Å². The largest absolute Gasteiger partial charge is 0.496 e. The van der Waals surface area contributed by atoms with Gasteiger partial charge in [0, 0.05) is 24.6 Å². The molecule has 6 nitrogen and oxygen atoms in total. The van der Waals surface area contributed by atoms with Crippen LogP contribution in [-0.4, -0.2) is 42.6 Å². The Morgan fingerprint density at radius 2 is 2.17 bits per heavy atom. The van der Waals surface area contributed by atoms with Crippen molar-refractivity contribution < 1.29 is 14.3 Å². The van der Waals surface area contributed by atoms with Crippen LogP contribution < -0.4 is 15.4 Å². The summed E-state index contributed by atoms with van der Waals surface area (Å²) in [6.07, 6.45) is 1.95. The van der Waals surface area contributed by atoms with E-state index in [1.54, 1.807) is 7.11 Å². The minimum absolute atomic E-state index is 0.105. The Bertz CT molecular complexity index is 661. The molecule has 2 saturated heterocycles. The highest BCUT2D eigenvalue weighted by atomic mass is 16.5. The molecule has 1 aromatic carbocycles. The van der Waals surface area contributed by atoms with E-state index in [0.29, 0.717) is 0 Å². The van der Waals surface area contributed by atoms with Crippen molar-refractivity contribution in [3.8, 4) is 5.75 Å². The minimum Gasteiger partial charge on any atom is -0.496 e. The van der Waals surface area contributed by atoms with Crippen molar-refractivity contribution in [2.75, 3.05) is 20.2 Å². The van der Waals surface area contributed by atoms with Gasteiger partial charge >= 0.3 is 6.03 Å². The van der Waals surface area contributed by atoms with Gasteiger partial charge in [-0.05, 0) is 39.3 Å². The molecule has 0 aromatic heterocycles. The average molecular weight is 331 g/mol. The molecule has 2 N–H and O–H groups in total. The highest BCUT2D eigenvalue weighted by Crippen LogP contribution is 2.31. The average Bonchev–Trinajstić information content (AvgIpc) is 2.81. The summed E-state index contributed by atoms with van der Waals surface area (Å²) in [6.45, 7) is 6.45. The Balaban J connectivity index is 1.74. The molecule has 0 bridgehead atoms. The number of amides is 3. The van der Waals surface area contributed by atoms with Crippen LogP contribution >= 0.6 is 0 Å². The standard InChI is InChI=1S/C18H25N3O3/c1-12-6-7-15(24-3)13(9-12)10-21-8-4-5-14(11-21)18(2)16(22)19-17(23)20-18/h6-7,9,14H,4-5,8,10-11H2,1-3H3,(H2,19,20,22,23)/t14-,18-/m1/s1. The minimum atomic E-state index is -0.813. The quantitative estimate of drug-likeness (QED) is 0.826. The van der Waals surface area contributed by atoms with Crippen LogP contribution in [-0.2, 0) is 11.3 Å². The van der Waals surface area contributed by atoms with E-state index >= 15 is 0 Å². The molecule has 1 aromatic rings. The molecule has 0 radical (unpaired) electrons. The lowest BCUT2D eigenvalue weighted by Gasteiger charge is -2.39. The predicted molar refractivity (Wildman–Crippen MR) is 90.8 cm³/mol. The zero-order valence-electron chi connectivity index (χ0n) is 14.5. The second-order valence-corrected chi connectivity index (χ2v) is 7.00. The predicted octanol–water partition coefficient (Wildman–Crippen LogP) is 1.81. The van der Waals surface area contributed by atoms with Gasteiger partial charge in [-0.3, -0.25) is 15.0 Å². The Hall–Kier alpha value is -2.08. The molecular formula is C18H25N3O3. The molecule has 2 fully saturated rings. The van der Waals surface area contributed by atoms with Crippen LogP contribution in [0.25, 0.3) is 0 Å². The maximum Gasteiger partial charge on any atom is 0.322 e. The molecule has 2 aliphatic rings. The molecular weight excluding hydrogens is 306 g/mol. The third-order valence-electron chi connectivity index (χ3n) is 5.22. The lowest BCUT2D eigenvalue weighted by Crippen LogP contribution is -2.55. The van der Waals surface area contributed by atoms with Gasteiger partial charge in [0.2, 0.25) is 0 Å². The summed E-state index contributed by atoms with van der Waals surface area (Å²) in [7, 11) is 1.69. The van der Waals surface area contributed by atoms with E-state index in [1.807, 2.05) is 19.1 Å². The molecule has 2 aliphatic heterocycles. The van der Waals surface area contributed by atoms with Gasteiger partial charge in [-0.2, -0.15) is 0 Å². The number of carbonyl (C=O) groups excluding carboxylic acids is 2. The van der Waals surface area contributed by atoms with E-state index in [-0.39, 0.29) is 17.9 Å². The number of ether oxygens (including phenoxy) is 1. The third kappa shape index (κ3) is 3.11. The summed E-state index contributed by atoms with van der Waals surface area (Å²) in [4.78, 5) is 26.1. The van der Waals surface area contributed by atoms with E-state index < -0.39 is 5.54 Å². The molecule has 0 unspecified atom stereocenters. The number of hydrogen-bond acceptors (Lipinski definition) is 4. The molecule has 3 rings (SSSR count). The SMILES string of the molecule is COc1ccc(C)cc1CN1CCC[C@@H]([C@@]2(C)NC(=O)NC2=O)C1. The number of piperidine rings is 1. The maximum atomic E-state index is 12.2. The topological polar surface area (TPSA) is 70.7 Å². The fraction of sp³-hybridized carbons (Fsp3) is 0.556. The normalized spacial score (nSPS) is 27.7. The first-order chi connectivity index (χ1) is 11.4. The van der Waals surface area contributed by atoms with E-state index in [0.717, 1.165) is 43.8 Å². The number of aryl methyl sites for hydroxylation is 1. The molecule has 0 aliphatic carbocycles. The smallest absolute Gasteiger partial charge is 0.322 e. The van der Waals surface area contributed by atoms with E-state index in [2.05, 4.69) is 28.5 Å². The first-order valence-electron chi connectivity index (χ1n) is 8.42. The summed E-state index contributed by atoms with van der Waals surface area (Å²) >= 11 is 0. The summed E-state index contributed by atoms with van der Waals surface area (Å²) in [5.41, 5.74) is 1.55. The van der Waals surface area contributed by atoms with Gasteiger partial charge in [0.25, 0.3) is 5.91 Å². The van der Waals surface area contributed by atoms with Crippen LogP contribution in [0, 0.1) is 12.8 Å². The number of methoxy groups -OCH3 is 1. The Kier molecular flexibility index (Phi) is 4.49. The molecule has 2 heterocycles. The first-order valence-corrected chi connectivity index (χ1v) is 8.42. The number of imide groups is 1. The van der Waals surface area contributed by atoms with E-state index in [4.69, 9.17) is 4.74 Å². The lowest BCUT2D eigenvalue weighted by atomic mass is 9.80. The lowest BCUT2D eigenvalue weighted by molar-refractivity contribution is -0.126. The summed E-state index contributed by atoms with van der Waals surface area (Å²) in [5.74, 6) is 0.779. The van der Waals surface area contributed by atoms with Crippen LogP contribution in [0.4, 0.5) is 4.79 Å². The van der Waals surface area contributed by atoms with Gasteiger partial charge in [0.05, 0.1) is 7.11 Å². The fourth-order valence-electron chi connectivity index (χ4n) is 3.79. The van der Waals surface area contributed by atoms with Gasteiger partial charge < -0.3 is 10.1 Å². The van der Waals surface area contributed by atoms with Crippen LogP contribution in [0.5, 0.6) is 5.75 Å². The maximum absolute atomic E-state index is 12.2. The number of likely N-dealkylation sites (tertiary alicyclic amines) is 1. The molecule has 3 amide bonds. The van der Waals surface area contributed by atoms with Gasteiger partial charge in [0.15, 0.2) is 0 Å². The summed E-state index contributed by atoms with van der Waals surface area (Å²) in [5, 5.41) is 5.18. The van der Waals surface area contributed by atoms with Crippen molar-refractivity contribution in [1.29, 1.82) is 0 Å². The fourth-order valence-corrected chi connectivity index (χ4v) is 3.79. The third-order valence-corrected chi connectivity index (χ3v) is 5.22. The number of rotatable bonds is 4. The van der Waals surface area contributed by atoms with Crippen molar-refractivity contribution in [1.82, 2.24) is 15.5 Å². The Morgan fingerprint density at radius 3 is 2.83 bits per heavy atom. The van der Waals surface area contributed by atoms with Crippen molar-refractivity contribution in [3.05, 3.63) is 29.3 Å². The van der Waals surface area contributed by atoms with Crippen molar-refractivity contribution in [2.24, 2.45) is 5.92 Å². The number of hydrogen-bond donors (Lipinski definition) is 2. The number of urea groups is 1. The van der Waals surface area contributed by atoms with Gasteiger partial charge in [0.1, 0.15) is 11.3 Å². The zero-order valence-corrected chi connectivity index (χ0v) is 14.5. The molecule has 6 heteroatoms. The summed E-state index contributed by atoms with van der Waals surface area (Å²) in [6, 6.07) is 5.80. The zero-order chi connectivity index (χ0) is 17.3. The summed E-state index contributed by atoms with van der Waals surface area (Å²) < 4.78 is 5.47. The van der Waals surface area contributed by atoms with E-state index in [1.165, 1.54) is 5.56 Å². The number of nitrogens with zero attached hydrogens (tertiary/aromatic N) is 1. The van der Waals surface area contributed by atoms with E-state index in [9.17, 15) is 9.59 Å². The van der Waals surface area contributed by atoms with Crippen LogP contribution in [0.3, 0.4) is 0 Å². The Labute approximate surface area is 142 Å². The number of carbonyl (C=O) groups is 2. The molecule has 0 saturated carbocycles. The van der Waals surface area contributed by atoms with Crippen molar-refractivity contribution in [2.45, 2.75) is 38.8 Å². The van der Waals surface area contributed by atoms with Crippen LogP contribution in [0.15, 0.2) is 18.2 Å². The first kappa shape index (κ1) is 16.8. The van der Waals surface area contributed by atoms with Crippen molar-refractivity contribution in [3.63, 3.8) is 0 Å². The highest BCUT2D eigenvalue weighted by molar-refractivity contribution is 6.07. The second kappa shape index (κ2) is 6.43. The highest BCUT2D eigenvalue weighted by Gasteiger charge is 2.48.